The lowest BCUT2D eigenvalue weighted by Crippen LogP contribution is -2.35. The van der Waals surface area contributed by atoms with Crippen molar-refractivity contribution in [1.82, 2.24) is 15.6 Å². The molecule has 1 aromatic carbocycles. The molecule has 2 heterocycles. The molecule has 0 saturated heterocycles. The van der Waals surface area contributed by atoms with E-state index in [9.17, 15) is 9.59 Å². The zero-order chi connectivity index (χ0) is 19.8. The average Bonchev–Trinajstić information content (AvgIpc) is 3.38. The Hall–Kier alpha value is -3.13. The fraction of sp³-hybridized carbons (Fsp3) is 0.250. The molecule has 0 radical (unpaired) electrons. The van der Waals surface area contributed by atoms with Crippen molar-refractivity contribution in [3.63, 3.8) is 0 Å². The third kappa shape index (κ3) is 5.43. The highest BCUT2D eigenvalue weighted by Gasteiger charge is 2.10. The molecule has 3 rings (SSSR count). The zero-order valence-corrected chi connectivity index (χ0v) is 16.3. The molecule has 0 aliphatic heterocycles. The lowest BCUT2D eigenvalue weighted by Gasteiger charge is -2.05. The standard InChI is InChI=1S/C20H21N3O4S/c1-2-26-16-7-5-14(6-8-16)20-23-15(13-28-20)12-18(24)21-9-10-22-19(25)17-4-3-11-27-17/h3-8,11,13H,2,9-10,12H2,1H3,(H,21,24)(H,22,25). The number of hydrogen-bond donors (Lipinski definition) is 2. The van der Waals surface area contributed by atoms with Gasteiger partial charge in [-0.05, 0) is 43.3 Å². The first kappa shape index (κ1) is 19.6. The van der Waals surface area contributed by atoms with Gasteiger partial charge in [0.25, 0.3) is 5.91 Å². The summed E-state index contributed by atoms with van der Waals surface area (Å²) >= 11 is 1.50. The number of hydrogen-bond acceptors (Lipinski definition) is 6. The van der Waals surface area contributed by atoms with E-state index in [4.69, 9.17) is 9.15 Å². The minimum atomic E-state index is -0.307. The Morgan fingerprint density at radius 2 is 1.93 bits per heavy atom. The van der Waals surface area contributed by atoms with E-state index in [1.165, 1.54) is 17.6 Å². The van der Waals surface area contributed by atoms with E-state index in [0.717, 1.165) is 16.3 Å². The summed E-state index contributed by atoms with van der Waals surface area (Å²) in [5.74, 6) is 0.617. The Bertz CT molecular complexity index is 904. The molecule has 0 spiro atoms. The second-order valence-electron chi connectivity index (χ2n) is 5.86. The van der Waals surface area contributed by atoms with Gasteiger partial charge in [0.1, 0.15) is 10.8 Å². The smallest absolute Gasteiger partial charge is 0.287 e. The maximum Gasteiger partial charge on any atom is 0.287 e. The number of ether oxygens (including phenoxy) is 1. The van der Waals surface area contributed by atoms with Crippen molar-refractivity contribution in [1.29, 1.82) is 0 Å². The van der Waals surface area contributed by atoms with Crippen LogP contribution < -0.4 is 15.4 Å². The number of nitrogens with zero attached hydrogens (tertiary/aromatic N) is 1. The van der Waals surface area contributed by atoms with Gasteiger partial charge in [0.05, 0.1) is 25.0 Å². The monoisotopic (exact) mass is 399 g/mol. The van der Waals surface area contributed by atoms with Crippen molar-refractivity contribution in [2.75, 3.05) is 19.7 Å². The van der Waals surface area contributed by atoms with Crippen molar-refractivity contribution in [2.24, 2.45) is 0 Å². The molecule has 2 N–H and O–H groups in total. The van der Waals surface area contributed by atoms with Crippen LogP contribution in [0.3, 0.4) is 0 Å². The third-order valence-electron chi connectivity index (χ3n) is 3.78. The SMILES string of the molecule is CCOc1ccc(-c2nc(CC(=O)NCCNC(=O)c3ccco3)cs2)cc1. The number of amides is 2. The van der Waals surface area contributed by atoms with Gasteiger partial charge in [-0.1, -0.05) is 0 Å². The number of benzene rings is 1. The van der Waals surface area contributed by atoms with Crippen LogP contribution in [0.5, 0.6) is 5.75 Å². The molecule has 0 unspecified atom stereocenters. The van der Waals surface area contributed by atoms with Gasteiger partial charge >= 0.3 is 0 Å². The molecule has 28 heavy (non-hydrogen) atoms. The van der Waals surface area contributed by atoms with Crippen LogP contribution in [0.15, 0.2) is 52.5 Å². The highest BCUT2D eigenvalue weighted by atomic mass is 32.1. The highest BCUT2D eigenvalue weighted by molar-refractivity contribution is 7.13. The van der Waals surface area contributed by atoms with Gasteiger partial charge in [-0.3, -0.25) is 9.59 Å². The molecule has 0 fully saturated rings. The average molecular weight is 399 g/mol. The van der Waals surface area contributed by atoms with Crippen molar-refractivity contribution in [2.45, 2.75) is 13.3 Å². The normalized spacial score (nSPS) is 10.5. The quantitative estimate of drug-likeness (QED) is 0.540. The topological polar surface area (TPSA) is 93.5 Å². The van der Waals surface area contributed by atoms with Crippen LogP contribution in [0.2, 0.25) is 0 Å². The largest absolute Gasteiger partial charge is 0.494 e. The van der Waals surface area contributed by atoms with E-state index < -0.39 is 0 Å². The predicted molar refractivity (Wildman–Crippen MR) is 106 cm³/mol. The van der Waals surface area contributed by atoms with E-state index in [-0.39, 0.29) is 24.0 Å². The van der Waals surface area contributed by atoms with Crippen LogP contribution in [0.4, 0.5) is 0 Å². The van der Waals surface area contributed by atoms with Crippen molar-refractivity contribution in [3.05, 3.63) is 59.5 Å². The summed E-state index contributed by atoms with van der Waals surface area (Å²) in [5, 5.41) is 8.18. The number of aromatic nitrogens is 1. The molecule has 0 aliphatic rings. The second-order valence-corrected chi connectivity index (χ2v) is 6.72. The molecule has 0 saturated carbocycles. The molecular formula is C20H21N3O4S. The maximum atomic E-state index is 12.1. The lowest BCUT2D eigenvalue weighted by molar-refractivity contribution is -0.120. The summed E-state index contributed by atoms with van der Waals surface area (Å²) in [5.41, 5.74) is 1.70. The fourth-order valence-corrected chi connectivity index (χ4v) is 3.31. The number of carbonyl (C=O) groups excluding carboxylic acids is 2. The van der Waals surface area contributed by atoms with Crippen LogP contribution in [0.1, 0.15) is 23.2 Å². The van der Waals surface area contributed by atoms with Gasteiger partial charge in [-0.15, -0.1) is 11.3 Å². The Labute approximate surface area is 166 Å². The molecule has 7 nitrogen and oxygen atoms in total. The van der Waals surface area contributed by atoms with Crippen molar-refractivity contribution < 1.29 is 18.7 Å². The number of furan rings is 1. The third-order valence-corrected chi connectivity index (χ3v) is 4.72. The summed E-state index contributed by atoms with van der Waals surface area (Å²) in [6, 6.07) is 10.9. The molecule has 8 heteroatoms. The summed E-state index contributed by atoms with van der Waals surface area (Å²) in [4.78, 5) is 28.3. The first-order valence-electron chi connectivity index (χ1n) is 8.91. The minimum absolute atomic E-state index is 0.143. The van der Waals surface area contributed by atoms with E-state index in [0.29, 0.717) is 25.4 Å². The first-order chi connectivity index (χ1) is 13.7. The Balaban J connectivity index is 1.43. The summed E-state index contributed by atoms with van der Waals surface area (Å²) in [7, 11) is 0. The molecule has 2 aromatic heterocycles. The Morgan fingerprint density at radius 3 is 2.64 bits per heavy atom. The number of nitrogens with one attached hydrogen (secondary N) is 2. The van der Waals surface area contributed by atoms with Crippen LogP contribution in [-0.2, 0) is 11.2 Å². The maximum absolute atomic E-state index is 12.1. The highest BCUT2D eigenvalue weighted by Crippen LogP contribution is 2.25. The van der Waals surface area contributed by atoms with Crippen LogP contribution in [-0.4, -0.2) is 36.5 Å². The summed E-state index contributed by atoms with van der Waals surface area (Å²) in [6.45, 7) is 3.22. The summed E-state index contributed by atoms with van der Waals surface area (Å²) < 4.78 is 10.4. The van der Waals surface area contributed by atoms with Crippen LogP contribution >= 0.6 is 11.3 Å². The van der Waals surface area contributed by atoms with Gasteiger partial charge in [0.2, 0.25) is 5.91 Å². The van der Waals surface area contributed by atoms with E-state index in [1.54, 1.807) is 12.1 Å². The predicted octanol–water partition coefficient (Wildman–Crippen LogP) is 2.89. The van der Waals surface area contributed by atoms with Crippen LogP contribution in [0.25, 0.3) is 10.6 Å². The number of carbonyl (C=O) groups is 2. The van der Waals surface area contributed by atoms with E-state index in [2.05, 4.69) is 15.6 Å². The molecule has 0 bridgehead atoms. The van der Waals surface area contributed by atoms with Crippen molar-refractivity contribution >= 4 is 23.2 Å². The molecule has 146 valence electrons. The van der Waals surface area contributed by atoms with Gasteiger partial charge in [0.15, 0.2) is 5.76 Å². The fourth-order valence-electron chi connectivity index (χ4n) is 2.48. The Kier molecular flexibility index (Phi) is 6.80. The van der Waals surface area contributed by atoms with Gasteiger partial charge < -0.3 is 19.8 Å². The molecule has 0 atom stereocenters. The van der Waals surface area contributed by atoms with Gasteiger partial charge in [-0.25, -0.2) is 4.98 Å². The van der Waals surface area contributed by atoms with Crippen molar-refractivity contribution in [3.8, 4) is 16.3 Å². The summed E-state index contributed by atoms with van der Waals surface area (Å²) in [6.07, 6.45) is 1.63. The van der Waals surface area contributed by atoms with Crippen LogP contribution in [0, 0.1) is 0 Å². The van der Waals surface area contributed by atoms with E-state index in [1.807, 2.05) is 36.6 Å². The minimum Gasteiger partial charge on any atom is -0.494 e. The Morgan fingerprint density at radius 1 is 1.14 bits per heavy atom. The molecule has 2 amide bonds. The lowest BCUT2D eigenvalue weighted by atomic mass is 10.2. The molecule has 3 aromatic rings. The first-order valence-corrected chi connectivity index (χ1v) is 9.79. The van der Waals surface area contributed by atoms with E-state index >= 15 is 0 Å². The number of rotatable bonds is 9. The zero-order valence-electron chi connectivity index (χ0n) is 15.4. The number of thiazole rings is 1. The molecular weight excluding hydrogens is 378 g/mol. The van der Waals surface area contributed by atoms with Gasteiger partial charge in [-0.2, -0.15) is 0 Å². The van der Waals surface area contributed by atoms with Gasteiger partial charge in [0, 0.05) is 24.0 Å². The molecule has 0 aliphatic carbocycles. The second kappa shape index (κ2) is 9.70.